The topological polar surface area (TPSA) is 44.4 Å². The third-order valence-corrected chi connectivity index (χ3v) is 5.18. The molecule has 1 aliphatic heterocycles. The van der Waals surface area contributed by atoms with E-state index in [1.165, 1.54) is 32.5 Å². The molecule has 134 valence electrons. The molecule has 1 spiro atoms. The Bertz CT molecular complexity index is 367. The van der Waals surface area contributed by atoms with Crippen LogP contribution in [-0.4, -0.2) is 49.6 Å². The minimum Gasteiger partial charge on any atom is -0.356 e. The molecule has 1 saturated heterocycles. The van der Waals surface area contributed by atoms with Gasteiger partial charge in [-0.1, -0.05) is 34.1 Å². The van der Waals surface area contributed by atoms with Gasteiger partial charge in [0.2, 0.25) is 5.91 Å². The van der Waals surface area contributed by atoms with Crippen LogP contribution >= 0.6 is 0 Å². The quantitative estimate of drug-likeness (QED) is 0.608. The van der Waals surface area contributed by atoms with Crippen LogP contribution in [0.15, 0.2) is 0 Å². The Kier molecular flexibility index (Phi) is 6.90. The van der Waals surface area contributed by atoms with Crippen LogP contribution in [0.5, 0.6) is 0 Å². The van der Waals surface area contributed by atoms with E-state index >= 15 is 0 Å². The van der Waals surface area contributed by atoms with Crippen molar-refractivity contribution >= 4 is 5.91 Å². The lowest BCUT2D eigenvalue weighted by atomic mass is 9.57. The van der Waals surface area contributed by atoms with E-state index in [2.05, 4.69) is 43.2 Å². The molecule has 4 heteroatoms. The summed E-state index contributed by atoms with van der Waals surface area (Å²) in [6.07, 6.45) is 5.73. The van der Waals surface area contributed by atoms with Crippen LogP contribution in [0.25, 0.3) is 0 Å². The van der Waals surface area contributed by atoms with Gasteiger partial charge in [0, 0.05) is 38.1 Å². The van der Waals surface area contributed by atoms with Crippen LogP contribution in [0, 0.1) is 17.3 Å². The number of carbonyl (C=O) groups is 1. The average Bonchev–Trinajstić information content (AvgIpc) is 2.37. The maximum Gasteiger partial charge on any atom is 0.223 e. The molecule has 2 aliphatic rings. The zero-order valence-electron chi connectivity index (χ0n) is 15.7. The van der Waals surface area contributed by atoms with Gasteiger partial charge in [-0.05, 0) is 43.6 Å². The van der Waals surface area contributed by atoms with Gasteiger partial charge < -0.3 is 15.5 Å². The maximum atomic E-state index is 12.2. The summed E-state index contributed by atoms with van der Waals surface area (Å²) < 4.78 is 0. The first-order chi connectivity index (χ1) is 10.9. The lowest BCUT2D eigenvalue weighted by Gasteiger charge is -2.59. The van der Waals surface area contributed by atoms with Gasteiger partial charge in [-0.3, -0.25) is 4.79 Å². The summed E-state index contributed by atoms with van der Waals surface area (Å²) >= 11 is 0. The second-order valence-corrected chi connectivity index (χ2v) is 8.63. The lowest BCUT2D eigenvalue weighted by molar-refractivity contribution is -0.145. The van der Waals surface area contributed by atoms with Gasteiger partial charge in [0.05, 0.1) is 0 Å². The van der Waals surface area contributed by atoms with Crippen molar-refractivity contribution in [1.82, 2.24) is 15.5 Å². The minimum absolute atomic E-state index is 0.291. The standard InChI is InChI=1S/C19H37N3O/c1-15(2)12-22-13-19(14-22)10-17(11-19)18(23)21-9-7-5-6-8-20-16(3)4/h15-17,20H,5-14H2,1-4H3,(H,21,23). The number of amides is 1. The zero-order valence-corrected chi connectivity index (χ0v) is 15.7. The molecule has 4 nitrogen and oxygen atoms in total. The molecule has 2 N–H and O–H groups in total. The number of likely N-dealkylation sites (tertiary alicyclic amines) is 1. The first-order valence-electron chi connectivity index (χ1n) is 9.64. The molecule has 0 aromatic rings. The molecular formula is C19H37N3O. The first-order valence-corrected chi connectivity index (χ1v) is 9.64. The van der Waals surface area contributed by atoms with E-state index in [1.807, 2.05) is 0 Å². The highest BCUT2D eigenvalue weighted by Gasteiger charge is 2.53. The fourth-order valence-corrected chi connectivity index (χ4v) is 4.15. The van der Waals surface area contributed by atoms with Gasteiger partial charge in [0.1, 0.15) is 0 Å². The predicted molar refractivity (Wildman–Crippen MR) is 96.4 cm³/mol. The molecule has 1 amide bonds. The van der Waals surface area contributed by atoms with Crippen LogP contribution in [0.3, 0.4) is 0 Å². The number of carbonyl (C=O) groups excluding carboxylic acids is 1. The van der Waals surface area contributed by atoms with Crippen molar-refractivity contribution in [3.8, 4) is 0 Å². The highest BCUT2D eigenvalue weighted by atomic mass is 16.1. The summed E-state index contributed by atoms with van der Waals surface area (Å²) in [5, 5.41) is 6.57. The molecule has 0 aromatic carbocycles. The summed E-state index contributed by atoms with van der Waals surface area (Å²) in [6, 6.07) is 0.573. The molecule has 0 aromatic heterocycles. The van der Waals surface area contributed by atoms with E-state index < -0.39 is 0 Å². The summed E-state index contributed by atoms with van der Waals surface area (Å²) in [7, 11) is 0. The molecule has 2 fully saturated rings. The largest absolute Gasteiger partial charge is 0.356 e. The zero-order chi connectivity index (χ0) is 16.9. The van der Waals surface area contributed by atoms with E-state index in [-0.39, 0.29) is 0 Å². The first kappa shape index (κ1) is 18.7. The van der Waals surface area contributed by atoms with Gasteiger partial charge in [-0.15, -0.1) is 0 Å². The highest BCUT2D eigenvalue weighted by Crippen LogP contribution is 2.51. The normalized spacial score (nSPS) is 20.8. The summed E-state index contributed by atoms with van der Waals surface area (Å²) in [4.78, 5) is 14.7. The van der Waals surface area contributed by atoms with Crippen molar-refractivity contribution in [1.29, 1.82) is 0 Å². The Morgan fingerprint density at radius 3 is 2.35 bits per heavy atom. The van der Waals surface area contributed by atoms with E-state index in [0.717, 1.165) is 38.3 Å². The minimum atomic E-state index is 0.291. The van der Waals surface area contributed by atoms with Crippen LogP contribution < -0.4 is 10.6 Å². The number of nitrogens with zero attached hydrogens (tertiary/aromatic N) is 1. The van der Waals surface area contributed by atoms with Gasteiger partial charge >= 0.3 is 0 Å². The van der Waals surface area contributed by atoms with E-state index in [0.29, 0.717) is 23.3 Å². The van der Waals surface area contributed by atoms with Crippen molar-refractivity contribution in [2.45, 2.75) is 65.8 Å². The molecule has 1 aliphatic carbocycles. The summed E-state index contributed by atoms with van der Waals surface area (Å²) in [6.45, 7) is 14.5. The lowest BCUT2D eigenvalue weighted by Crippen LogP contribution is -2.64. The van der Waals surface area contributed by atoms with Crippen molar-refractivity contribution in [2.75, 3.05) is 32.7 Å². The molecule has 0 bridgehead atoms. The van der Waals surface area contributed by atoms with Crippen LogP contribution in [0.1, 0.15) is 59.8 Å². The van der Waals surface area contributed by atoms with Crippen molar-refractivity contribution in [2.24, 2.45) is 17.3 Å². The Hall–Kier alpha value is -0.610. The fourth-order valence-electron chi connectivity index (χ4n) is 4.15. The van der Waals surface area contributed by atoms with Crippen molar-refractivity contribution in [3.63, 3.8) is 0 Å². The Morgan fingerprint density at radius 2 is 1.74 bits per heavy atom. The van der Waals surface area contributed by atoms with Crippen molar-refractivity contribution in [3.05, 3.63) is 0 Å². The summed E-state index contributed by atoms with van der Waals surface area (Å²) in [5.41, 5.74) is 0.499. The maximum absolute atomic E-state index is 12.2. The monoisotopic (exact) mass is 323 g/mol. The smallest absolute Gasteiger partial charge is 0.223 e. The number of nitrogens with one attached hydrogen (secondary N) is 2. The van der Waals surface area contributed by atoms with Crippen LogP contribution in [0.2, 0.25) is 0 Å². The summed E-state index contributed by atoms with van der Waals surface area (Å²) in [5.74, 6) is 1.35. The van der Waals surface area contributed by atoms with Gasteiger partial charge in [0.25, 0.3) is 0 Å². The number of unbranched alkanes of at least 4 members (excludes halogenated alkanes) is 2. The fraction of sp³-hybridized carbons (Fsp3) is 0.947. The number of rotatable bonds is 10. The Balaban J connectivity index is 1.46. The molecular weight excluding hydrogens is 286 g/mol. The Morgan fingerprint density at radius 1 is 1.09 bits per heavy atom. The van der Waals surface area contributed by atoms with E-state index in [1.54, 1.807) is 0 Å². The molecule has 0 radical (unpaired) electrons. The average molecular weight is 324 g/mol. The molecule has 1 heterocycles. The van der Waals surface area contributed by atoms with Crippen molar-refractivity contribution < 1.29 is 4.79 Å². The molecule has 23 heavy (non-hydrogen) atoms. The third kappa shape index (κ3) is 5.75. The molecule has 0 unspecified atom stereocenters. The second-order valence-electron chi connectivity index (χ2n) is 8.63. The van der Waals surface area contributed by atoms with Gasteiger partial charge in [0.15, 0.2) is 0 Å². The number of hydrogen-bond donors (Lipinski definition) is 2. The number of hydrogen-bond acceptors (Lipinski definition) is 3. The van der Waals surface area contributed by atoms with Gasteiger partial charge in [-0.25, -0.2) is 0 Å². The highest BCUT2D eigenvalue weighted by molar-refractivity contribution is 5.79. The van der Waals surface area contributed by atoms with Gasteiger partial charge in [-0.2, -0.15) is 0 Å². The second kappa shape index (κ2) is 8.48. The predicted octanol–water partition coefficient (Wildman–Crippen LogP) is 2.64. The van der Waals surface area contributed by atoms with Crippen LogP contribution in [-0.2, 0) is 4.79 Å². The van der Waals surface area contributed by atoms with E-state index in [4.69, 9.17) is 0 Å². The molecule has 1 saturated carbocycles. The molecule has 2 rings (SSSR count). The SMILES string of the molecule is CC(C)CN1CC2(CC(C(=O)NCCCCCNC(C)C)C2)C1. The Labute approximate surface area is 142 Å². The van der Waals surface area contributed by atoms with Crippen LogP contribution in [0.4, 0.5) is 0 Å². The third-order valence-electron chi connectivity index (χ3n) is 5.18. The molecule has 0 atom stereocenters. The van der Waals surface area contributed by atoms with E-state index in [9.17, 15) is 4.79 Å².